The van der Waals surface area contributed by atoms with Gasteiger partial charge in [-0.1, -0.05) is 36.4 Å². The lowest BCUT2D eigenvalue weighted by molar-refractivity contribution is 1.43. The molecule has 94 valence electrons. The maximum Gasteiger partial charge on any atom is 0.0896 e. The van der Waals surface area contributed by atoms with Crippen molar-refractivity contribution in [1.82, 2.24) is 9.97 Å². The summed E-state index contributed by atoms with van der Waals surface area (Å²) < 4.78 is 2.58. The van der Waals surface area contributed by atoms with Crippen molar-refractivity contribution in [3.63, 3.8) is 0 Å². The molecule has 20 heavy (non-hydrogen) atoms. The van der Waals surface area contributed by atoms with Gasteiger partial charge in [-0.3, -0.25) is 4.98 Å². The van der Waals surface area contributed by atoms with E-state index in [1.54, 1.807) is 0 Å². The Hall–Kier alpha value is -2.39. The fraction of sp³-hybridized carbons (Fsp3) is 0. The molecule has 0 saturated heterocycles. The monoisotopic (exact) mass is 274 g/mol. The molecule has 0 amide bonds. The Morgan fingerprint density at radius 1 is 0.850 bits per heavy atom. The van der Waals surface area contributed by atoms with Gasteiger partial charge in [0.25, 0.3) is 0 Å². The van der Waals surface area contributed by atoms with E-state index in [1.165, 1.54) is 31.1 Å². The number of rotatable bonds is 0. The zero-order valence-corrected chi connectivity index (χ0v) is 11.4. The Bertz CT molecular complexity index is 1100. The molecule has 0 aliphatic heterocycles. The van der Waals surface area contributed by atoms with E-state index in [-0.39, 0.29) is 0 Å². The van der Waals surface area contributed by atoms with Crippen molar-refractivity contribution >= 4 is 53.4 Å². The smallest absolute Gasteiger partial charge is 0.0896 e. The summed E-state index contributed by atoms with van der Waals surface area (Å²) in [6.45, 7) is 0. The van der Waals surface area contributed by atoms with Crippen LogP contribution in [0, 0.1) is 0 Å². The molecule has 0 saturated carbocycles. The van der Waals surface area contributed by atoms with Gasteiger partial charge in [0, 0.05) is 26.4 Å². The third kappa shape index (κ3) is 1.20. The first-order valence-corrected chi connectivity index (χ1v) is 7.40. The maximum absolute atomic E-state index is 4.67. The van der Waals surface area contributed by atoms with Crippen LogP contribution in [0.25, 0.3) is 42.1 Å². The minimum atomic E-state index is 1.11. The van der Waals surface area contributed by atoms with Crippen LogP contribution < -0.4 is 0 Å². The molecule has 5 aromatic rings. The molecule has 5 rings (SSSR count). The Morgan fingerprint density at radius 3 is 2.60 bits per heavy atom. The van der Waals surface area contributed by atoms with Crippen LogP contribution in [0.4, 0.5) is 0 Å². The molecular weight excluding hydrogens is 264 g/mol. The number of H-pyrrole nitrogens is 1. The highest BCUT2D eigenvalue weighted by atomic mass is 32.1. The first-order valence-electron chi connectivity index (χ1n) is 6.58. The fourth-order valence-corrected chi connectivity index (χ4v) is 4.19. The lowest BCUT2D eigenvalue weighted by atomic mass is 10.1. The van der Waals surface area contributed by atoms with Crippen molar-refractivity contribution in [1.29, 1.82) is 0 Å². The van der Waals surface area contributed by atoms with Crippen LogP contribution in [-0.2, 0) is 0 Å². The second kappa shape index (κ2) is 3.58. The van der Waals surface area contributed by atoms with Crippen molar-refractivity contribution in [3.05, 3.63) is 54.7 Å². The minimum absolute atomic E-state index is 1.11. The van der Waals surface area contributed by atoms with Gasteiger partial charge >= 0.3 is 0 Å². The van der Waals surface area contributed by atoms with Gasteiger partial charge in [0.2, 0.25) is 0 Å². The fourth-order valence-electron chi connectivity index (χ4n) is 2.96. The van der Waals surface area contributed by atoms with Crippen molar-refractivity contribution in [3.8, 4) is 0 Å². The molecule has 2 nitrogen and oxygen atoms in total. The number of fused-ring (bicyclic) bond motifs is 7. The molecule has 1 N–H and O–H groups in total. The van der Waals surface area contributed by atoms with Crippen molar-refractivity contribution in [2.45, 2.75) is 0 Å². The van der Waals surface area contributed by atoms with E-state index in [1.807, 2.05) is 17.5 Å². The maximum atomic E-state index is 4.67. The number of aromatic nitrogens is 2. The van der Waals surface area contributed by atoms with Crippen LogP contribution >= 0.6 is 11.3 Å². The standard InChI is InChI=1S/C17H10N2S/c1-3-7-12-10(5-1)15-13(19-12)9-18-16-11-6-2-4-8-14(11)20-17(15)16/h1-9,19H. The summed E-state index contributed by atoms with van der Waals surface area (Å²) in [5.41, 5.74) is 3.40. The number of thiophene rings is 1. The van der Waals surface area contributed by atoms with Gasteiger partial charge in [0.05, 0.1) is 21.9 Å². The van der Waals surface area contributed by atoms with E-state index < -0.39 is 0 Å². The summed E-state index contributed by atoms with van der Waals surface area (Å²) >= 11 is 1.83. The highest BCUT2D eigenvalue weighted by molar-refractivity contribution is 7.26. The highest BCUT2D eigenvalue weighted by Crippen LogP contribution is 2.39. The average Bonchev–Trinajstić information content (AvgIpc) is 3.04. The largest absolute Gasteiger partial charge is 0.353 e. The topological polar surface area (TPSA) is 28.7 Å². The molecule has 0 aliphatic rings. The quantitative estimate of drug-likeness (QED) is 0.419. The Balaban J connectivity index is 2.14. The number of para-hydroxylation sites is 1. The Kier molecular flexibility index (Phi) is 1.86. The molecule has 3 heteroatoms. The van der Waals surface area contributed by atoms with Crippen LogP contribution in [0.15, 0.2) is 54.7 Å². The molecule has 0 spiro atoms. The number of pyridine rings is 1. The van der Waals surface area contributed by atoms with Crippen LogP contribution in [0.1, 0.15) is 0 Å². The molecule has 3 heterocycles. The van der Waals surface area contributed by atoms with Gasteiger partial charge in [0.15, 0.2) is 0 Å². The van der Waals surface area contributed by atoms with E-state index in [4.69, 9.17) is 0 Å². The predicted molar refractivity (Wildman–Crippen MR) is 86.5 cm³/mol. The number of aromatic amines is 1. The highest BCUT2D eigenvalue weighted by Gasteiger charge is 2.12. The molecule has 0 bridgehead atoms. The van der Waals surface area contributed by atoms with Crippen molar-refractivity contribution in [2.24, 2.45) is 0 Å². The van der Waals surface area contributed by atoms with Gasteiger partial charge in [-0.15, -0.1) is 11.3 Å². The summed E-state index contributed by atoms with van der Waals surface area (Å²) in [6.07, 6.45) is 1.96. The van der Waals surface area contributed by atoms with E-state index in [2.05, 4.69) is 58.5 Å². The van der Waals surface area contributed by atoms with Crippen LogP contribution in [0.3, 0.4) is 0 Å². The zero-order chi connectivity index (χ0) is 13.1. The average molecular weight is 274 g/mol. The summed E-state index contributed by atoms with van der Waals surface area (Å²) in [5, 5.41) is 3.83. The van der Waals surface area contributed by atoms with E-state index in [0.29, 0.717) is 0 Å². The van der Waals surface area contributed by atoms with Crippen LogP contribution in [0.2, 0.25) is 0 Å². The molecule has 3 aromatic heterocycles. The molecule has 0 aliphatic carbocycles. The first kappa shape index (κ1) is 10.4. The molecule has 0 atom stereocenters. The first-order chi connectivity index (χ1) is 9.92. The number of nitrogens with one attached hydrogen (secondary N) is 1. The van der Waals surface area contributed by atoms with Crippen molar-refractivity contribution < 1.29 is 0 Å². The van der Waals surface area contributed by atoms with E-state index in [9.17, 15) is 0 Å². The SMILES string of the molecule is c1ccc2c(c1)[nH]c1cnc3c4ccccc4sc3c12. The zero-order valence-electron chi connectivity index (χ0n) is 10.6. The number of hydrogen-bond acceptors (Lipinski definition) is 2. The molecular formula is C17H10N2S. The van der Waals surface area contributed by atoms with Gasteiger partial charge < -0.3 is 4.98 Å². The number of benzene rings is 2. The predicted octanol–water partition coefficient (Wildman–Crippen LogP) is 5.08. The second-order valence-corrected chi connectivity index (χ2v) is 6.05. The molecule has 0 unspecified atom stereocenters. The Morgan fingerprint density at radius 2 is 1.65 bits per heavy atom. The summed E-state index contributed by atoms with van der Waals surface area (Å²) in [6, 6.07) is 16.9. The second-order valence-electron chi connectivity index (χ2n) is 4.99. The summed E-state index contributed by atoms with van der Waals surface area (Å²) in [5.74, 6) is 0. The van der Waals surface area contributed by atoms with Crippen LogP contribution in [0.5, 0.6) is 0 Å². The normalized spacial score (nSPS) is 12.0. The van der Waals surface area contributed by atoms with E-state index in [0.717, 1.165) is 11.0 Å². The number of hydrogen-bond donors (Lipinski definition) is 1. The lowest BCUT2D eigenvalue weighted by Crippen LogP contribution is -1.75. The minimum Gasteiger partial charge on any atom is -0.353 e. The van der Waals surface area contributed by atoms with Gasteiger partial charge in [-0.05, 0) is 12.1 Å². The van der Waals surface area contributed by atoms with E-state index >= 15 is 0 Å². The van der Waals surface area contributed by atoms with Gasteiger partial charge in [-0.2, -0.15) is 0 Å². The van der Waals surface area contributed by atoms with Crippen LogP contribution in [-0.4, -0.2) is 9.97 Å². The summed E-state index contributed by atoms with van der Waals surface area (Å²) in [4.78, 5) is 8.13. The number of nitrogens with zero attached hydrogens (tertiary/aromatic N) is 1. The van der Waals surface area contributed by atoms with Crippen molar-refractivity contribution in [2.75, 3.05) is 0 Å². The lowest BCUT2D eigenvalue weighted by Gasteiger charge is -1.93. The van der Waals surface area contributed by atoms with Gasteiger partial charge in [-0.25, -0.2) is 0 Å². The molecule has 0 fully saturated rings. The van der Waals surface area contributed by atoms with Gasteiger partial charge in [0.1, 0.15) is 0 Å². The molecule has 2 aromatic carbocycles. The third-order valence-corrected chi connectivity index (χ3v) is 5.03. The Labute approximate surface area is 118 Å². The summed E-state index contributed by atoms with van der Waals surface area (Å²) in [7, 11) is 0. The third-order valence-electron chi connectivity index (χ3n) is 3.85. The molecule has 0 radical (unpaired) electrons.